The zero-order valence-electron chi connectivity index (χ0n) is 8.23. The molecule has 1 aromatic rings. The summed E-state index contributed by atoms with van der Waals surface area (Å²) in [4.78, 5) is 2.29. The quantitative estimate of drug-likeness (QED) is 0.757. The van der Waals surface area contributed by atoms with E-state index in [1.807, 2.05) is 7.05 Å². The van der Waals surface area contributed by atoms with Crippen LogP contribution in [0.3, 0.4) is 0 Å². The molecule has 1 aliphatic carbocycles. The van der Waals surface area contributed by atoms with E-state index in [9.17, 15) is 0 Å². The fraction of sp³-hybridized carbons (Fsp3) is 0.875. The minimum Gasteiger partial charge on any atom is -0.336 e. The molecule has 1 aromatic heterocycles. The molecular formula is C8H14BrN5. The number of halogens is 1. The van der Waals surface area contributed by atoms with Crippen LogP contribution >= 0.6 is 15.9 Å². The Morgan fingerprint density at radius 3 is 2.79 bits per heavy atom. The van der Waals surface area contributed by atoms with E-state index in [4.69, 9.17) is 0 Å². The first kappa shape index (κ1) is 9.89. The van der Waals surface area contributed by atoms with Crippen molar-refractivity contribution >= 4 is 21.9 Å². The molecule has 0 aromatic carbocycles. The lowest BCUT2D eigenvalue weighted by molar-refractivity contribution is 0.383. The van der Waals surface area contributed by atoms with Gasteiger partial charge in [0.1, 0.15) is 0 Å². The van der Waals surface area contributed by atoms with Crippen molar-refractivity contribution in [1.82, 2.24) is 20.2 Å². The first-order chi connectivity index (χ1) is 6.83. The molecule has 0 amide bonds. The number of hydrogen-bond donors (Lipinski definition) is 0. The van der Waals surface area contributed by atoms with E-state index in [0.717, 1.165) is 17.8 Å². The second-order valence-electron chi connectivity index (χ2n) is 3.57. The molecule has 1 heterocycles. The maximum atomic E-state index is 4.04. The Balaban J connectivity index is 2.13. The van der Waals surface area contributed by atoms with Gasteiger partial charge in [-0.15, -0.1) is 0 Å². The first-order valence-corrected chi connectivity index (χ1v) is 6.00. The Hall–Kier alpha value is -0.650. The minimum atomic E-state index is 0.636. The molecule has 0 radical (unpaired) electrons. The molecule has 6 heteroatoms. The Morgan fingerprint density at radius 2 is 2.36 bits per heavy atom. The van der Waals surface area contributed by atoms with Crippen molar-refractivity contribution in [2.24, 2.45) is 7.05 Å². The molecule has 0 aliphatic heterocycles. The smallest absolute Gasteiger partial charge is 0.245 e. The van der Waals surface area contributed by atoms with Gasteiger partial charge in [-0.3, -0.25) is 0 Å². The lowest BCUT2D eigenvalue weighted by Gasteiger charge is -2.37. The van der Waals surface area contributed by atoms with Crippen LogP contribution in [0, 0.1) is 0 Å². The molecule has 1 saturated carbocycles. The molecule has 0 unspecified atom stereocenters. The van der Waals surface area contributed by atoms with Crippen LogP contribution in [0.25, 0.3) is 0 Å². The molecule has 0 saturated heterocycles. The van der Waals surface area contributed by atoms with Gasteiger partial charge < -0.3 is 4.90 Å². The summed E-state index contributed by atoms with van der Waals surface area (Å²) in [6.45, 7) is 0.971. The van der Waals surface area contributed by atoms with E-state index in [1.165, 1.54) is 19.3 Å². The highest BCUT2D eigenvalue weighted by molar-refractivity contribution is 9.09. The van der Waals surface area contributed by atoms with E-state index >= 15 is 0 Å². The number of aromatic nitrogens is 4. The molecule has 0 spiro atoms. The monoisotopic (exact) mass is 259 g/mol. The highest BCUT2D eigenvalue weighted by Crippen LogP contribution is 2.27. The average molecular weight is 260 g/mol. The van der Waals surface area contributed by atoms with Crippen LogP contribution in [-0.4, -0.2) is 38.1 Å². The molecule has 1 aliphatic rings. The molecule has 5 nitrogen and oxygen atoms in total. The summed E-state index contributed by atoms with van der Waals surface area (Å²) in [7, 11) is 1.88. The normalized spacial score (nSPS) is 16.7. The predicted octanol–water partition coefficient (Wildman–Crippen LogP) is 0.964. The molecule has 0 atom stereocenters. The van der Waals surface area contributed by atoms with Crippen molar-refractivity contribution in [3.05, 3.63) is 0 Å². The topological polar surface area (TPSA) is 46.8 Å². The number of tetrazole rings is 1. The summed E-state index contributed by atoms with van der Waals surface area (Å²) in [6, 6.07) is 0.636. The molecule has 78 valence electrons. The summed E-state index contributed by atoms with van der Waals surface area (Å²) in [6.07, 6.45) is 3.86. The van der Waals surface area contributed by atoms with Crippen molar-refractivity contribution in [1.29, 1.82) is 0 Å². The van der Waals surface area contributed by atoms with Gasteiger partial charge in [-0.1, -0.05) is 21.0 Å². The highest BCUT2D eigenvalue weighted by Gasteiger charge is 2.27. The SMILES string of the molecule is Cn1nnnc1N(CCBr)C1CCC1. The predicted molar refractivity (Wildman–Crippen MR) is 57.6 cm³/mol. The summed E-state index contributed by atoms with van der Waals surface area (Å²) in [5, 5.41) is 12.5. The van der Waals surface area contributed by atoms with Crippen molar-refractivity contribution in [2.45, 2.75) is 25.3 Å². The number of hydrogen-bond acceptors (Lipinski definition) is 4. The summed E-state index contributed by atoms with van der Waals surface area (Å²) in [5.74, 6) is 0.883. The van der Waals surface area contributed by atoms with Crippen LogP contribution in [0.5, 0.6) is 0 Å². The van der Waals surface area contributed by atoms with Crippen LogP contribution < -0.4 is 4.90 Å². The van der Waals surface area contributed by atoms with E-state index in [-0.39, 0.29) is 0 Å². The Morgan fingerprint density at radius 1 is 1.57 bits per heavy atom. The second kappa shape index (κ2) is 4.25. The minimum absolute atomic E-state index is 0.636. The van der Waals surface area contributed by atoms with Crippen LogP contribution in [0.15, 0.2) is 0 Å². The number of anilines is 1. The number of nitrogens with zero attached hydrogens (tertiary/aromatic N) is 5. The van der Waals surface area contributed by atoms with E-state index in [0.29, 0.717) is 6.04 Å². The van der Waals surface area contributed by atoms with Crippen molar-refractivity contribution in [3.63, 3.8) is 0 Å². The van der Waals surface area contributed by atoms with Gasteiger partial charge in [0.15, 0.2) is 0 Å². The van der Waals surface area contributed by atoms with Gasteiger partial charge in [-0.2, -0.15) is 0 Å². The van der Waals surface area contributed by atoms with Crippen LogP contribution in [0.4, 0.5) is 5.95 Å². The number of aryl methyl sites for hydroxylation is 1. The maximum Gasteiger partial charge on any atom is 0.245 e. The zero-order chi connectivity index (χ0) is 9.97. The fourth-order valence-corrected chi connectivity index (χ4v) is 2.09. The standard InChI is InChI=1S/C8H14BrN5/c1-13-8(10-11-12-13)14(6-5-9)7-3-2-4-7/h7H,2-6H2,1H3. The lowest BCUT2D eigenvalue weighted by Crippen LogP contribution is -2.42. The van der Waals surface area contributed by atoms with Gasteiger partial charge in [0.2, 0.25) is 5.95 Å². The zero-order valence-corrected chi connectivity index (χ0v) is 9.81. The van der Waals surface area contributed by atoms with Crippen LogP contribution in [0.2, 0.25) is 0 Å². The van der Waals surface area contributed by atoms with Crippen molar-refractivity contribution < 1.29 is 0 Å². The summed E-state index contributed by atoms with van der Waals surface area (Å²) < 4.78 is 1.74. The van der Waals surface area contributed by atoms with Gasteiger partial charge in [0.05, 0.1) is 0 Å². The van der Waals surface area contributed by atoms with Gasteiger partial charge in [-0.25, -0.2) is 4.68 Å². The highest BCUT2D eigenvalue weighted by atomic mass is 79.9. The number of alkyl halides is 1. The number of rotatable bonds is 4. The Labute approximate surface area is 91.6 Å². The third kappa shape index (κ3) is 1.75. The van der Waals surface area contributed by atoms with Gasteiger partial charge in [0.25, 0.3) is 0 Å². The lowest BCUT2D eigenvalue weighted by atomic mass is 9.92. The second-order valence-corrected chi connectivity index (χ2v) is 4.36. The molecule has 0 N–H and O–H groups in total. The maximum absolute atomic E-state index is 4.04. The Kier molecular flexibility index (Phi) is 3.00. The average Bonchev–Trinajstić information content (AvgIpc) is 2.47. The molecule has 0 bridgehead atoms. The summed E-state index contributed by atoms with van der Waals surface area (Å²) in [5.41, 5.74) is 0. The van der Waals surface area contributed by atoms with E-state index in [2.05, 4.69) is 36.4 Å². The molecular weight excluding hydrogens is 246 g/mol. The van der Waals surface area contributed by atoms with Crippen LogP contribution in [0.1, 0.15) is 19.3 Å². The molecule has 14 heavy (non-hydrogen) atoms. The van der Waals surface area contributed by atoms with Gasteiger partial charge in [0, 0.05) is 25.0 Å². The molecule has 1 fully saturated rings. The van der Waals surface area contributed by atoms with E-state index < -0.39 is 0 Å². The van der Waals surface area contributed by atoms with Gasteiger partial charge >= 0.3 is 0 Å². The van der Waals surface area contributed by atoms with E-state index in [1.54, 1.807) is 4.68 Å². The Bertz CT molecular complexity index is 296. The third-order valence-corrected chi connectivity index (χ3v) is 3.05. The van der Waals surface area contributed by atoms with Gasteiger partial charge in [-0.05, 0) is 29.7 Å². The van der Waals surface area contributed by atoms with Crippen molar-refractivity contribution in [2.75, 3.05) is 16.8 Å². The fourth-order valence-electron chi connectivity index (χ4n) is 1.70. The summed E-state index contributed by atoms with van der Waals surface area (Å²) >= 11 is 3.46. The van der Waals surface area contributed by atoms with Crippen LogP contribution in [-0.2, 0) is 7.05 Å². The third-order valence-electron chi connectivity index (χ3n) is 2.70. The molecule has 2 rings (SSSR count). The van der Waals surface area contributed by atoms with Crippen molar-refractivity contribution in [3.8, 4) is 0 Å². The largest absolute Gasteiger partial charge is 0.336 e. The first-order valence-electron chi connectivity index (χ1n) is 4.88.